The molecular weight excluding hydrogens is 347 g/mol. The monoisotopic (exact) mass is 359 g/mol. The Balaban J connectivity index is 0. The molecule has 1 nitrogen and oxygen atoms in total. The minimum Gasteiger partial charge on any atom is -1.00 e. The molecule has 0 aliphatic rings. The molecule has 0 radical (unpaired) electrons. The Morgan fingerprint density at radius 3 is 1.24 bits per heavy atom. The normalized spacial score (nSPS) is 8.59. The summed E-state index contributed by atoms with van der Waals surface area (Å²) >= 11 is 0. The van der Waals surface area contributed by atoms with Gasteiger partial charge in [-0.25, -0.2) is 0 Å². The molecule has 0 bridgehead atoms. The first-order chi connectivity index (χ1) is 6.88. The molecule has 0 aromatic heterocycles. The van der Waals surface area contributed by atoms with E-state index in [0.29, 0.717) is 0 Å². The SMILES string of the molecule is NC(c1ccccc1)c1ccccc1.[Cl-].[Cl-].[Pd+2]. The van der Waals surface area contributed by atoms with E-state index in [1.807, 2.05) is 36.4 Å². The average Bonchev–Trinajstić information content (AvgIpc) is 2.30. The third-order valence-corrected chi connectivity index (χ3v) is 2.32. The zero-order valence-electron chi connectivity index (χ0n) is 9.00. The van der Waals surface area contributed by atoms with Gasteiger partial charge in [-0.2, -0.15) is 0 Å². The van der Waals surface area contributed by atoms with Crippen molar-refractivity contribution in [3.63, 3.8) is 0 Å². The first-order valence-corrected chi connectivity index (χ1v) is 4.73. The first-order valence-electron chi connectivity index (χ1n) is 4.73. The Bertz CT molecular complexity index is 355. The maximum atomic E-state index is 6.12. The second-order valence-corrected chi connectivity index (χ2v) is 3.30. The van der Waals surface area contributed by atoms with E-state index in [4.69, 9.17) is 5.73 Å². The standard InChI is InChI=1S/C13H13N.2ClH.Pd/c14-13(11-7-3-1-4-8-11)12-9-5-2-6-10-12;;;/h1-10,13H,14H2;2*1H;/q;;;+2/p-2. The van der Waals surface area contributed by atoms with Crippen LogP contribution in [0.5, 0.6) is 0 Å². The molecule has 0 amide bonds. The summed E-state index contributed by atoms with van der Waals surface area (Å²) in [6.07, 6.45) is 0. The summed E-state index contributed by atoms with van der Waals surface area (Å²) < 4.78 is 0. The third-order valence-electron chi connectivity index (χ3n) is 2.32. The molecule has 2 aromatic rings. The van der Waals surface area contributed by atoms with Crippen molar-refractivity contribution in [2.45, 2.75) is 6.04 Å². The summed E-state index contributed by atoms with van der Waals surface area (Å²) in [7, 11) is 0. The molecule has 2 aromatic carbocycles. The molecule has 0 saturated heterocycles. The van der Waals surface area contributed by atoms with Gasteiger partial charge in [0.05, 0.1) is 6.04 Å². The van der Waals surface area contributed by atoms with Crippen molar-refractivity contribution in [1.29, 1.82) is 0 Å². The molecular formula is C13H13Cl2NPd. The maximum Gasteiger partial charge on any atom is 2.00 e. The first kappa shape index (κ1) is 19.0. The van der Waals surface area contributed by atoms with Gasteiger partial charge in [-0.15, -0.1) is 0 Å². The van der Waals surface area contributed by atoms with E-state index in [9.17, 15) is 0 Å². The van der Waals surface area contributed by atoms with Gasteiger partial charge in [-0.05, 0) is 11.1 Å². The van der Waals surface area contributed by atoms with Gasteiger partial charge in [0.1, 0.15) is 0 Å². The van der Waals surface area contributed by atoms with Gasteiger partial charge in [-0.3, -0.25) is 0 Å². The van der Waals surface area contributed by atoms with E-state index in [-0.39, 0.29) is 51.3 Å². The van der Waals surface area contributed by atoms with Crippen LogP contribution >= 0.6 is 0 Å². The van der Waals surface area contributed by atoms with Crippen LogP contribution < -0.4 is 30.5 Å². The Kier molecular flexibility index (Phi) is 10.8. The fourth-order valence-electron chi connectivity index (χ4n) is 1.51. The van der Waals surface area contributed by atoms with Crippen molar-refractivity contribution in [2.75, 3.05) is 0 Å². The predicted octanol–water partition coefficient (Wildman–Crippen LogP) is -3.26. The quantitative estimate of drug-likeness (QED) is 0.559. The molecule has 4 heteroatoms. The van der Waals surface area contributed by atoms with E-state index in [1.54, 1.807) is 0 Å². The van der Waals surface area contributed by atoms with Crippen LogP contribution in [0.25, 0.3) is 0 Å². The summed E-state index contributed by atoms with van der Waals surface area (Å²) in [6.45, 7) is 0. The molecule has 2 N–H and O–H groups in total. The third kappa shape index (κ3) is 5.21. The molecule has 17 heavy (non-hydrogen) atoms. The summed E-state index contributed by atoms with van der Waals surface area (Å²) in [6, 6.07) is 20.2. The van der Waals surface area contributed by atoms with Crippen LogP contribution in [-0.4, -0.2) is 0 Å². The molecule has 0 spiro atoms. The number of rotatable bonds is 2. The Morgan fingerprint density at radius 2 is 0.941 bits per heavy atom. The van der Waals surface area contributed by atoms with E-state index in [1.165, 1.54) is 0 Å². The molecule has 0 saturated carbocycles. The molecule has 94 valence electrons. The van der Waals surface area contributed by atoms with E-state index in [0.717, 1.165) is 11.1 Å². The van der Waals surface area contributed by atoms with Crippen LogP contribution in [0.15, 0.2) is 60.7 Å². The number of halogens is 2. The van der Waals surface area contributed by atoms with Gasteiger partial charge in [0.25, 0.3) is 0 Å². The van der Waals surface area contributed by atoms with Crippen LogP contribution in [0.3, 0.4) is 0 Å². The fraction of sp³-hybridized carbons (Fsp3) is 0.0769. The van der Waals surface area contributed by atoms with E-state index >= 15 is 0 Å². The smallest absolute Gasteiger partial charge is 1.00 e. The van der Waals surface area contributed by atoms with Crippen molar-refractivity contribution in [3.8, 4) is 0 Å². The van der Waals surface area contributed by atoms with Crippen LogP contribution in [0.4, 0.5) is 0 Å². The summed E-state index contributed by atoms with van der Waals surface area (Å²) in [5, 5.41) is 0. The van der Waals surface area contributed by atoms with Crippen molar-refractivity contribution < 1.29 is 45.2 Å². The Hall–Kier alpha value is -0.358. The van der Waals surface area contributed by atoms with Crippen molar-refractivity contribution in [1.82, 2.24) is 0 Å². The number of hydrogen-bond acceptors (Lipinski definition) is 1. The zero-order chi connectivity index (χ0) is 9.80. The molecule has 0 aliphatic heterocycles. The molecule has 0 atom stereocenters. The average molecular weight is 361 g/mol. The molecule has 0 unspecified atom stereocenters. The van der Waals surface area contributed by atoms with Gasteiger partial charge < -0.3 is 30.5 Å². The predicted molar refractivity (Wildman–Crippen MR) is 58.9 cm³/mol. The number of nitrogens with two attached hydrogens (primary N) is 1. The van der Waals surface area contributed by atoms with Crippen LogP contribution in [0.2, 0.25) is 0 Å². The number of hydrogen-bond donors (Lipinski definition) is 1. The molecule has 2 rings (SSSR count). The largest absolute Gasteiger partial charge is 2.00 e. The summed E-state index contributed by atoms with van der Waals surface area (Å²) in [5.74, 6) is 0. The van der Waals surface area contributed by atoms with Crippen molar-refractivity contribution >= 4 is 0 Å². The fourth-order valence-corrected chi connectivity index (χ4v) is 1.51. The molecule has 0 heterocycles. The van der Waals surface area contributed by atoms with Gasteiger partial charge >= 0.3 is 20.4 Å². The minimum atomic E-state index is -0.0163. The van der Waals surface area contributed by atoms with Crippen molar-refractivity contribution in [3.05, 3.63) is 71.8 Å². The minimum absolute atomic E-state index is 0. The van der Waals surface area contributed by atoms with Gasteiger partial charge in [0.2, 0.25) is 0 Å². The summed E-state index contributed by atoms with van der Waals surface area (Å²) in [5.41, 5.74) is 8.42. The molecule has 0 fully saturated rings. The second kappa shape index (κ2) is 9.65. The van der Waals surface area contributed by atoms with E-state index in [2.05, 4.69) is 24.3 Å². The van der Waals surface area contributed by atoms with Gasteiger partial charge in [0.15, 0.2) is 0 Å². The van der Waals surface area contributed by atoms with Crippen molar-refractivity contribution in [2.24, 2.45) is 5.73 Å². The number of benzene rings is 2. The van der Waals surface area contributed by atoms with Gasteiger partial charge in [-0.1, -0.05) is 60.7 Å². The molecule has 0 aliphatic carbocycles. The van der Waals surface area contributed by atoms with E-state index < -0.39 is 0 Å². The van der Waals surface area contributed by atoms with Crippen LogP contribution in [0.1, 0.15) is 17.2 Å². The Morgan fingerprint density at radius 1 is 0.647 bits per heavy atom. The second-order valence-electron chi connectivity index (χ2n) is 3.30. The topological polar surface area (TPSA) is 26.0 Å². The zero-order valence-corrected chi connectivity index (χ0v) is 12.1. The van der Waals surface area contributed by atoms with Crippen LogP contribution in [-0.2, 0) is 20.4 Å². The Labute approximate surface area is 128 Å². The summed E-state index contributed by atoms with van der Waals surface area (Å²) in [4.78, 5) is 0. The van der Waals surface area contributed by atoms with Gasteiger partial charge in [0, 0.05) is 0 Å². The van der Waals surface area contributed by atoms with Crippen LogP contribution in [0, 0.1) is 0 Å². The maximum absolute atomic E-state index is 6.12.